The van der Waals surface area contributed by atoms with Crippen LogP contribution in [0.1, 0.15) is 25.5 Å². The number of anilines is 1. The van der Waals surface area contributed by atoms with Crippen molar-refractivity contribution in [2.24, 2.45) is 0 Å². The lowest BCUT2D eigenvalue weighted by Gasteiger charge is -2.34. The second-order valence-corrected chi connectivity index (χ2v) is 7.46. The number of fused-ring (bicyclic) bond motifs is 4. The summed E-state index contributed by atoms with van der Waals surface area (Å²) >= 11 is 0. The van der Waals surface area contributed by atoms with Gasteiger partial charge in [-0.15, -0.1) is 10.2 Å². The number of hydrogen-bond acceptors (Lipinski definition) is 3. The van der Waals surface area contributed by atoms with Gasteiger partial charge in [-0.25, -0.2) is 13.2 Å². The molecule has 4 aromatic rings. The number of nitrogens with one attached hydrogen (secondary N) is 2. The molecule has 2 N–H and O–H groups in total. The lowest BCUT2D eigenvalue weighted by molar-refractivity contribution is 0.517. The SMILES string of the molecule is Cc1nnc2n1-c1c(cc(F)c(-c3ccc(F)c4[nH]ccc34)c1F)NC2(C)C. The number of halogens is 3. The van der Waals surface area contributed by atoms with E-state index in [4.69, 9.17) is 0 Å². The molecule has 1 aliphatic rings. The van der Waals surface area contributed by atoms with Crippen molar-refractivity contribution in [2.45, 2.75) is 26.3 Å². The first-order valence-corrected chi connectivity index (χ1v) is 8.78. The number of H-pyrrole nitrogens is 1. The molecule has 0 bridgehead atoms. The predicted octanol–water partition coefficient (Wildman–Crippen LogP) is 4.80. The van der Waals surface area contributed by atoms with E-state index in [9.17, 15) is 4.39 Å². The second kappa shape index (κ2) is 5.37. The molecule has 3 heterocycles. The third-order valence-corrected chi connectivity index (χ3v) is 5.19. The fourth-order valence-corrected chi connectivity index (χ4v) is 3.94. The standard InChI is InChI=1S/C20H16F3N5/c1-9-26-27-19-20(2,3)25-14-8-13(22)15(16(23)18(14)28(9)19)10-4-5-12(21)17-11(10)6-7-24-17/h4-8,24-25H,1-3H3. The van der Waals surface area contributed by atoms with Crippen LogP contribution in [0.15, 0.2) is 30.5 Å². The number of benzene rings is 2. The Hall–Kier alpha value is -3.29. The number of aromatic nitrogens is 4. The molecule has 0 saturated heterocycles. The normalized spacial score (nSPS) is 14.6. The Kier molecular flexibility index (Phi) is 3.23. The van der Waals surface area contributed by atoms with Crippen LogP contribution in [0.5, 0.6) is 0 Å². The summed E-state index contributed by atoms with van der Waals surface area (Å²) in [6.45, 7) is 5.44. The summed E-state index contributed by atoms with van der Waals surface area (Å²) in [6.07, 6.45) is 1.54. The zero-order chi connectivity index (χ0) is 19.8. The van der Waals surface area contributed by atoms with Crippen molar-refractivity contribution in [1.82, 2.24) is 19.7 Å². The largest absolute Gasteiger partial charge is 0.371 e. The summed E-state index contributed by atoms with van der Waals surface area (Å²) in [4.78, 5) is 2.77. The van der Waals surface area contributed by atoms with E-state index < -0.39 is 23.0 Å². The minimum Gasteiger partial charge on any atom is -0.371 e. The Morgan fingerprint density at radius 1 is 1.04 bits per heavy atom. The van der Waals surface area contributed by atoms with Gasteiger partial charge in [0.05, 0.1) is 22.3 Å². The van der Waals surface area contributed by atoms with E-state index >= 15 is 8.78 Å². The van der Waals surface area contributed by atoms with Crippen LogP contribution in [0.3, 0.4) is 0 Å². The van der Waals surface area contributed by atoms with E-state index in [2.05, 4.69) is 20.5 Å². The summed E-state index contributed by atoms with van der Waals surface area (Å²) in [5, 5.41) is 11.8. The zero-order valence-electron chi connectivity index (χ0n) is 15.4. The molecule has 0 amide bonds. The van der Waals surface area contributed by atoms with Gasteiger partial charge in [-0.3, -0.25) is 4.57 Å². The molecule has 0 unspecified atom stereocenters. The Balaban J connectivity index is 1.86. The molecule has 0 saturated carbocycles. The molecular weight excluding hydrogens is 367 g/mol. The first kappa shape index (κ1) is 16.9. The summed E-state index contributed by atoms with van der Waals surface area (Å²) < 4.78 is 46.5. The van der Waals surface area contributed by atoms with E-state index in [-0.39, 0.29) is 22.3 Å². The average molecular weight is 383 g/mol. The highest BCUT2D eigenvalue weighted by Gasteiger charge is 2.37. The maximum absolute atomic E-state index is 15.8. The van der Waals surface area contributed by atoms with Gasteiger partial charge in [0.25, 0.3) is 0 Å². The van der Waals surface area contributed by atoms with Gasteiger partial charge in [-0.05, 0) is 38.5 Å². The molecule has 5 rings (SSSR count). The van der Waals surface area contributed by atoms with Gasteiger partial charge in [0.1, 0.15) is 23.1 Å². The van der Waals surface area contributed by atoms with E-state index in [1.807, 2.05) is 13.8 Å². The first-order chi connectivity index (χ1) is 13.3. The monoisotopic (exact) mass is 383 g/mol. The van der Waals surface area contributed by atoms with Crippen molar-refractivity contribution in [2.75, 3.05) is 5.32 Å². The molecule has 0 atom stereocenters. The lowest BCUT2D eigenvalue weighted by Crippen LogP contribution is -2.36. The van der Waals surface area contributed by atoms with Crippen LogP contribution in [-0.4, -0.2) is 19.7 Å². The third kappa shape index (κ3) is 2.08. The van der Waals surface area contributed by atoms with E-state index in [0.717, 1.165) is 0 Å². The molecule has 5 nitrogen and oxygen atoms in total. The van der Waals surface area contributed by atoms with Crippen molar-refractivity contribution in [3.63, 3.8) is 0 Å². The van der Waals surface area contributed by atoms with Gasteiger partial charge in [-0.1, -0.05) is 6.07 Å². The number of aromatic amines is 1. The van der Waals surface area contributed by atoms with Crippen molar-refractivity contribution in [3.8, 4) is 16.8 Å². The highest BCUT2D eigenvalue weighted by atomic mass is 19.1. The van der Waals surface area contributed by atoms with Gasteiger partial charge < -0.3 is 10.3 Å². The Morgan fingerprint density at radius 2 is 1.82 bits per heavy atom. The van der Waals surface area contributed by atoms with Crippen molar-refractivity contribution >= 4 is 16.6 Å². The Labute approximate surface area is 158 Å². The minimum atomic E-state index is -0.753. The van der Waals surface area contributed by atoms with Crippen molar-refractivity contribution in [3.05, 3.63) is 59.6 Å². The maximum Gasteiger partial charge on any atom is 0.162 e. The number of rotatable bonds is 1. The second-order valence-electron chi connectivity index (χ2n) is 7.46. The van der Waals surface area contributed by atoms with Crippen LogP contribution < -0.4 is 5.32 Å². The summed E-state index contributed by atoms with van der Waals surface area (Å²) in [5.41, 5.74) is 0.0667. The van der Waals surface area contributed by atoms with E-state index in [0.29, 0.717) is 22.7 Å². The summed E-state index contributed by atoms with van der Waals surface area (Å²) in [6, 6.07) is 5.45. The molecule has 0 radical (unpaired) electrons. The Morgan fingerprint density at radius 3 is 2.61 bits per heavy atom. The van der Waals surface area contributed by atoms with E-state index in [1.165, 1.54) is 24.4 Å². The molecule has 0 fully saturated rings. The quantitative estimate of drug-likeness (QED) is 0.496. The molecule has 1 aliphatic heterocycles. The van der Waals surface area contributed by atoms with E-state index in [1.54, 1.807) is 17.6 Å². The maximum atomic E-state index is 15.8. The van der Waals surface area contributed by atoms with Gasteiger partial charge >= 0.3 is 0 Å². The molecule has 0 aliphatic carbocycles. The van der Waals surface area contributed by atoms with Crippen LogP contribution in [0.25, 0.3) is 27.7 Å². The Bertz CT molecular complexity index is 1270. The number of aryl methyl sites for hydroxylation is 1. The average Bonchev–Trinajstić information content (AvgIpc) is 3.25. The zero-order valence-corrected chi connectivity index (χ0v) is 15.4. The topological polar surface area (TPSA) is 58.5 Å². The smallest absolute Gasteiger partial charge is 0.162 e. The van der Waals surface area contributed by atoms with Crippen molar-refractivity contribution in [1.29, 1.82) is 0 Å². The van der Waals surface area contributed by atoms with Gasteiger partial charge in [0, 0.05) is 17.6 Å². The summed E-state index contributed by atoms with van der Waals surface area (Å²) in [5.74, 6) is -0.949. The van der Waals surface area contributed by atoms with Gasteiger partial charge in [0.2, 0.25) is 0 Å². The highest BCUT2D eigenvalue weighted by molar-refractivity contribution is 5.96. The van der Waals surface area contributed by atoms with Crippen LogP contribution in [0, 0.1) is 24.4 Å². The molecule has 2 aromatic carbocycles. The van der Waals surface area contributed by atoms with Crippen LogP contribution >= 0.6 is 0 Å². The minimum absolute atomic E-state index is 0.154. The lowest BCUT2D eigenvalue weighted by atomic mass is 9.95. The molecule has 8 heteroatoms. The molecule has 2 aromatic heterocycles. The molecule has 28 heavy (non-hydrogen) atoms. The van der Waals surface area contributed by atoms with Crippen LogP contribution in [0.4, 0.5) is 18.9 Å². The fraction of sp³-hybridized carbons (Fsp3) is 0.200. The van der Waals surface area contributed by atoms with Crippen LogP contribution in [0.2, 0.25) is 0 Å². The number of nitrogens with zero attached hydrogens (tertiary/aromatic N) is 3. The highest BCUT2D eigenvalue weighted by Crippen LogP contribution is 2.43. The van der Waals surface area contributed by atoms with Gasteiger partial charge in [0.15, 0.2) is 11.6 Å². The summed E-state index contributed by atoms with van der Waals surface area (Å²) in [7, 11) is 0. The fourth-order valence-electron chi connectivity index (χ4n) is 3.94. The van der Waals surface area contributed by atoms with Gasteiger partial charge in [-0.2, -0.15) is 0 Å². The van der Waals surface area contributed by atoms with Crippen LogP contribution in [-0.2, 0) is 5.54 Å². The molecule has 0 spiro atoms. The predicted molar refractivity (Wildman–Crippen MR) is 99.9 cm³/mol. The third-order valence-electron chi connectivity index (χ3n) is 5.19. The number of hydrogen-bond donors (Lipinski definition) is 2. The molecule has 142 valence electrons. The van der Waals surface area contributed by atoms with Crippen molar-refractivity contribution < 1.29 is 13.2 Å². The molecular formula is C20H16F3N5. The first-order valence-electron chi connectivity index (χ1n) is 8.78.